The van der Waals surface area contributed by atoms with Crippen molar-refractivity contribution in [1.29, 1.82) is 0 Å². The van der Waals surface area contributed by atoms with Crippen molar-refractivity contribution in [2.75, 3.05) is 31.5 Å². The van der Waals surface area contributed by atoms with Gasteiger partial charge >= 0.3 is 6.09 Å². The van der Waals surface area contributed by atoms with Crippen LogP contribution in [0.15, 0.2) is 42.9 Å². The molecule has 1 aliphatic carbocycles. The smallest absolute Gasteiger partial charge is 0.410 e. The Labute approximate surface area is 251 Å². The number of hydrogen-bond donors (Lipinski definition) is 2. The normalized spacial score (nSPS) is 17.3. The Bertz CT molecular complexity index is 1560. The van der Waals surface area contributed by atoms with Crippen molar-refractivity contribution in [3.05, 3.63) is 53.4 Å². The lowest BCUT2D eigenvalue weighted by atomic mass is 9.85. The minimum Gasteiger partial charge on any atom is -0.444 e. The van der Waals surface area contributed by atoms with Gasteiger partial charge in [-0.3, -0.25) is 9.58 Å². The number of imidazole rings is 1. The third-order valence-corrected chi connectivity index (χ3v) is 8.63. The molecule has 4 heterocycles. The van der Waals surface area contributed by atoms with Crippen LogP contribution < -0.4 is 5.32 Å². The second kappa shape index (κ2) is 11.6. The molecule has 2 fully saturated rings. The predicted molar refractivity (Wildman–Crippen MR) is 165 cm³/mol. The molecule has 10 nitrogen and oxygen atoms in total. The van der Waals surface area contributed by atoms with E-state index in [1.165, 1.54) is 19.3 Å². The number of fused-ring (bicyclic) bond motifs is 1. The van der Waals surface area contributed by atoms with Gasteiger partial charge in [-0.2, -0.15) is 5.10 Å². The number of rotatable bonds is 7. The lowest BCUT2D eigenvalue weighted by Crippen LogP contribution is -2.50. The van der Waals surface area contributed by atoms with E-state index in [0.717, 1.165) is 53.3 Å². The Kier molecular flexibility index (Phi) is 7.85. The zero-order valence-corrected chi connectivity index (χ0v) is 25.5. The Hall–Kier alpha value is -3.63. The molecule has 11 heteroatoms. The van der Waals surface area contributed by atoms with Gasteiger partial charge in [-0.25, -0.2) is 14.8 Å². The molecular formula is C31H39ClN8O2. The average Bonchev–Trinajstić information content (AvgIpc) is 3.57. The van der Waals surface area contributed by atoms with E-state index < -0.39 is 5.60 Å². The van der Waals surface area contributed by atoms with Crippen LogP contribution in [0, 0.1) is 5.92 Å². The highest BCUT2D eigenvalue weighted by molar-refractivity contribution is 6.37. The first kappa shape index (κ1) is 28.5. The van der Waals surface area contributed by atoms with E-state index >= 15 is 0 Å². The summed E-state index contributed by atoms with van der Waals surface area (Å²) < 4.78 is 7.57. The van der Waals surface area contributed by atoms with Crippen LogP contribution in [0.1, 0.15) is 58.6 Å². The number of hydrogen-bond acceptors (Lipinski definition) is 7. The summed E-state index contributed by atoms with van der Waals surface area (Å²) in [7, 11) is 0. The molecule has 42 heavy (non-hydrogen) atoms. The van der Waals surface area contributed by atoms with Crippen LogP contribution in [-0.2, 0) is 11.3 Å². The molecule has 222 valence electrons. The maximum Gasteiger partial charge on any atom is 0.410 e. The summed E-state index contributed by atoms with van der Waals surface area (Å²) in [4.78, 5) is 29.2. The molecule has 1 atom stereocenters. The van der Waals surface area contributed by atoms with Crippen LogP contribution in [0.4, 0.5) is 16.6 Å². The molecule has 0 radical (unpaired) electrons. The van der Waals surface area contributed by atoms with Gasteiger partial charge in [0.2, 0.25) is 5.95 Å². The summed E-state index contributed by atoms with van der Waals surface area (Å²) in [5.74, 6) is 2.01. The van der Waals surface area contributed by atoms with Crippen LogP contribution in [0.25, 0.3) is 22.2 Å². The number of ether oxygens (including phenoxy) is 1. The van der Waals surface area contributed by atoms with Crippen LogP contribution in [-0.4, -0.2) is 72.4 Å². The van der Waals surface area contributed by atoms with E-state index in [2.05, 4.69) is 38.4 Å². The summed E-state index contributed by atoms with van der Waals surface area (Å²) in [6, 6.07) is 8.21. The SMILES string of the molecule is CC(c1ccnc(Nc2nc3ccc(-c4cnn(CC5CCC5)c4)c(Cl)c3[nH]2)c1)N1CCN(C(=O)OC(C)(C)C)CC1. The fourth-order valence-corrected chi connectivity index (χ4v) is 5.91. The number of aromatic nitrogens is 5. The summed E-state index contributed by atoms with van der Waals surface area (Å²) in [6.45, 7) is 11.6. The molecule has 2 N–H and O–H groups in total. The third-order valence-electron chi connectivity index (χ3n) is 8.24. The second-order valence-electron chi connectivity index (χ2n) is 12.4. The Balaban J connectivity index is 1.11. The van der Waals surface area contributed by atoms with Crippen LogP contribution in [0.5, 0.6) is 0 Å². The van der Waals surface area contributed by atoms with E-state index in [0.29, 0.717) is 29.9 Å². The topological polar surface area (TPSA) is 104 Å². The monoisotopic (exact) mass is 590 g/mol. The molecule has 1 saturated heterocycles. The van der Waals surface area contributed by atoms with Gasteiger partial charge in [-0.1, -0.05) is 24.1 Å². The average molecular weight is 591 g/mol. The van der Waals surface area contributed by atoms with Gasteiger partial charge in [0, 0.05) is 62.3 Å². The van der Waals surface area contributed by atoms with Crippen molar-refractivity contribution in [1.82, 2.24) is 34.5 Å². The quantitative estimate of drug-likeness (QED) is 0.249. The summed E-state index contributed by atoms with van der Waals surface area (Å²) in [5.41, 5.74) is 4.12. The number of aromatic amines is 1. The van der Waals surface area contributed by atoms with Crippen molar-refractivity contribution in [2.24, 2.45) is 5.92 Å². The van der Waals surface area contributed by atoms with Crippen LogP contribution in [0.3, 0.4) is 0 Å². The number of H-pyrrole nitrogens is 1. The first-order valence-electron chi connectivity index (χ1n) is 14.8. The molecule has 3 aromatic heterocycles. The highest BCUT2D eigenvalue weighted by Crippen LogP contribution is 2.35. The first-order valence-corrected chi connectivity index (χ1v) is 15.2. The molecule has 1 saturated carbocycles. The lowest BCUT2D eigenvalue weighted by Gasteiger charge is -2.38. The molecule has 1 aliphatic heterocycles. The summed E-state index contributed by atoms with van der Waals surface area (Å²) in [6.07, 6.45) is 9.42. The van der Waals surface area contributed by atoms with Gasteiger partial charge in [0.1, 0.15) is 11.4 Å². The molecule has 1 amide bonds. The lowest BCUT2D eigenvalue weighted by molar-refractivity contribution is 0.0110. The fourth-order valence-electron chi connectivity index (χ4n) is 5.59. The molecule has 1 unspecified atom stereocenters. The predicted octanol–water partition coefficient (Wildman–Crippen LogP) is 6.63. The van der Waals surface area contributed by atoms with Gasteiger partial charge in [0.05, 0.1) is 22.3 Å². The molecular weight excluding hydrogens is 552 g/mol. The van der Waals surface area contributed by atoms with Gasteiger partial charge in [-0.15, -0.1) is 0 Å². The van der Waals surface area contributed by atoms with Crippen molar-refractivity contribution in [3.8, 4) is 11.1 Å². The van der Waals surface area contributed by atoms with E-state index in [1.54, 1.807) is 11.1 Å². The summed E-state index contributed by atoms with van der Waals surface area (Å²) >= 11 is 6.87. The molecule has 6 rings (SSSR count). The maximum absolute atomic E-state index is 12.5. The van der Waals surface area contributed by atoms with Gasteiger partial charge < -0.3 is 19.9 Å². The number of carbonyl (C=O) groups is 1. The largest absolute Gasteiger partial charge is 0.444 e. The third kappa shape index (κ3) is 6.24. The maximum atomic E-state index is 12.5. The summed E-state index contributed by atoms with van der Waals surface area (Å²) in [5, 5.41) is 8.50. The molecule has 1 aromatic carbocycles. The van der Waals surface area contributed by atoms with Crippen molar-refractivity contribution in [3.63, 3.8) is 0 Å². The minimum absolute atomic E-state index is 0.159. The number of carbonyl (C=O) groups excluding carboxylic acids is 1. The van der Waals surface area contributed by atoms with Crippen molar-refractivity contribution < 1.29 is 9.53 Å². The van der Waals surface area contributed by atoms with Gasteiger partial charge in [-0.05, 0) is 70.2 Å². The van der Waals surface area contributed by atoms with E-state index in [-0.39, 0.29) is 12.1 Å². The van der Waals surface area contributed by atoms with Crippen LogP contribution in [0.2, 0.25) is 5.02 Å². The van der Waals surface area contributed by atoms with Crippen molar-refractivity contribution >= 4 is 40.5 Å². The fraction of sp³-hybridized carbons (Fsp3) is 0.484. The Morgan fingerprint density at radius 2 is 1.98 bits per heavy atom. The highest BCUT2D eigenvalue weighted by Gasteiger charge is 2.28. The second-order valence-corrected chi connectivity index (χ2v) is 12.8. The Morgan fingerprint density at radius 3 is 2.69 bits per heavy atom. The first-order chi connectivity index (χ1) is 20.1. The molecule has 0 bridgehead atoms. The number of halogens is 1. The Morgan fingerprint density at radius 1 is 1.19 bits per heavy atom. The van der Waals surface area contributed by atoms with Gasteiger partial charge in [0.25, 0.3) is 0 Å². The van der Waals surface area contributed by atoms with Crippen molar-refractivity contribution in [2.45, 2.75) is 65.1 Å². The van der Waals surface area contributed by atoms with Gasteiger partial charge in [0.15, 0.2) is 0 Å². The number of pyridine rings is 1. The van der Waals surface area contributed by atoms with E-state index in [1.807, 2.05) is 55.9 Å². The highest BCUT2D eigenvalue weighted by atomic mass is 35.5. The zero-order valence-electron chi connectivity index (χ0n) is 24.7. The minimum atomic E-state index is -0.492. The molecule has 2 aliphatic rings. The molecule has 4 aromatic rings. The zero-order chi connectivity index (χ0) is 29.4. The standard InChI is InChI=1S/C31H39ClN8O2/c1-20(38-12-14-39(15-13-38)30(41)42-31(2,3)4)22-10-11-33-26(16-22)36-29-35-25-9-8-24(27(32)28(25)37-29)23-17-34-40(19-23)18-21-6-5-7-21/h8-11,16-17,19-21H,5-7,12-15,18H2,1-4H3,(H2,33,35,36,37). The van der Waals surface area contributed by atoms with E-state index in [4.69, 9.17) is 21.3 Å². The number of nitrogens with zero attached hydrogens (tertiary/aromatic N) is 6. The number of amides is 1. The number of nitrogens with one attached hydrogen (secondary N) is 2. The number of piperazine rings is 1. The van der Waals surface area contributed by atoms with Crippen LogP contribution >= 0.6 is 11.6 Å². The number of anilines is 2. The van der Waals surface area contributed by atoms with E-state index in [9.17, 15) is 4.79 Å². The number of benzene rings is 1. The molecule has 0 spiro atoms.